The minimum absolute atomic E-state index is 0.0297. The lowest BCUT2D eigenvalue weighted by Crippen LogP contribution is -2.22. The van der Waals surface area contributed by atoms with Gasteiger partial charge in [-0.25, -0.2) is 0 Å². The highest BCUT2D eigenvalue weighted by Gasteiger charge is 2.08. The molecule has 0 atom stereocenters. The summed E-state index contributed by atoms with van der Waals surface area (Å²) >= 11 is 0. The maximum atomic E-state index is 12.3. The number of ether oxygens (including phenoxy) is 2. The van der Waals surface area contributed by atoms with E-state index in [2.05, 4.69) is 10.1 Å². The lowest BCUT2D eigenvalue weighted by atomic mass is 10.1. The zero-order chi connectivity index (χ0) is 21.5. The molecule has 3 aromatic rings. The highest BCUT2D eigenvalue weighted by Crippen LogP contribution is 2.22. The summed E-state index contributed by atoms with van der Waals surface area (Å²) in [4.78, 5) is 23.4. The van der Waals surface area contributed by atoms with Gasteiger partial charge >= 0.3 is 6.61 Å². The topological polar surface area (TPSA) is 90.7 Å². The van der Waals surface area contributed by atoms with Crippen molar-refractivity contribution in [2.75, 3.05) is 0 Å². The third kappa shape index (κ3) is 5.78. The maximum Gasteiger partial charge on any atom is 0.387 e. The van der Waals surface area contributed by atoms with E-state index in [-0.39, 0.29) is 18.2 Å². The van der Waals surface area contributed by atoms with Gasteiger partial charge in [0.1, 0.15) is 17.2 Å². The fraction of sp³-hybridized carbons (Fsp3) is 0.0909. The molecule has 3 N–H and O–H groups in total. The van der Waals surface area contributed by atoms with Gasteiger partial charge in [0.25, 0.3) is 5.91 Å². The molecule has 0 saturated carbocycles. The van der Waals surface area contributed by atoms with Crippen LogP contribution >= 0.6 is 0 Å². The summed E-state index contributed by atoms with van der Waals surface area (Å²) in [5.74, 6) is 0.207. The van der Waals surface area contributed by atoms with Crippen LogP contribution in [0.2, 0.25) is 0 Å². The second-order valence-electron chi connectivity index (χ2n) is 6.22. The van der Waals surface area contributed by atoms with Gasteiger partial charge in [-0.3, -0.25) is 9.59 Å². The zero-order valence-corrected chi connectivity index (χ0v) is 15.7. The Bertz CT molecular complexity index is 1020. The number of nitrogens with two attached hydrogens (primary N) is 1. The molecule has 154 valence electrons. The largest absolute Gasteiger partial charge is 0.457 e. The molecule has 0 radical (unpaired) electrons. The number of alkyl halides is 2. The minimum atomic E-state index is -2.91. The molecule has 8 heteroatoms. The number of carbonyl (C=O) groups is 2. The van der Waals surface area contributed by atoms with Crippen LogP contribution in [0.4, 0.5) is 8.78 Å². The first-order valence-corrected chi connectivity index (χ1v) is 8.90. The molecule has 6 nitrogen and oxygen atoms in total. The van der Waals surface area contributed by atoms with Gasteiger partial charge in [-0.15, -0.1) is 0 Å². The molecule has 0 fully saturated rings. The summed E-state index contributed by atoms with van der Waals surface area (Å²) in [5, 5.41) is 2.72. The van der Waals surface area contributed by atoms with Gasteiger partial charge in [-0.05, 0) is 66.2 Å². The van der Waals surface area contributed by atoms with E-state index in [9.17, 15) is 18.4 Å². The van der Waals surface area contributed by atoms with Crippen LogP contribution < -0.4 is 20.5 Å². The zero-order valence-electron chi connectivity index (χ0n) is 15.7. The standard InChI is InChI=1S/C22H18F2N2O4/c23-22(24)30-19-3-1-2-14(12-19)13-26-21(28)16-6-10-18(11-7-16)29-17-8-4-15(5-9-17)20(25)27/h1-12,22H,13H2,(H2,25,27)(H,26,28). The smallest absolute Gasteiger partial charge is 0.387 e. The molecule has 0 aliphatic carbocycles. The van der Waals surface area contributed by atoms with Crippen molar-refractivity contribution in [1.29, 1.82) is 0 Å². The predicted molar refractivity (Wildman–Crippen MR) is 106 cm³/mol. The number of benzene rings is 3. The van der Waals surface area contributed by atoms with E-state index in [1.54, 1.807) is 60.7 Å². The molecule has 0 bridgehead atoms. The van der Waals surface area contributed by atoms with E-state index >= 15 is 0 Å². The molecular weight excluding hydrogens is 394 g/mol. The first-order valence-electron chi connectivity index (χ1n) is 8.90. The summed E-state index contributed by atoms with van der Waals surface area (Å²) in [7, 11) is 0. The number of rotatable bonds is 8. The van der Waals surface area contributed by atoms with Crippen LogP contribution in [0.5, 0.6) is 17.2 Å². The Labute approximate surface area is 171 Å². The third-order valence-corrected chi connectivity index (χ3v) is 4.07. The van der Waals surface area contributed by atoms with Crippen LogP contribution in [-0.2, 0) is 6.54 Å². The maximum absolute atomic E-state index is 12.3. The van der Waals surface area contributed by atoms with Crippen LogP contribution in [0.3, 0.4) is 0 Å². The fourth-order valence-electron chi connectivity index (χ4n) is 2.61. The fourth-order valence-corrected chi connectivity index (χ4v) is 2.61. The quantitative estimate of drug-likeness (QED) is 0.583. The van der Waals surface area contributed by atoms with Gasteiger partial charge < -0.3 is 20.5 Å². The van der Waals surface area contributed by atoms with Crippen molar-refractivity contribution in [1.82, 2.24) is 5.32 Å². The van der Waals surface area contributed by atoms with Crippen molar-refractivity contribution in [3.8, 4) is 17.2 Å². The summed E-state index contributed by atoms with van der Waals surface area (Å²) in [6, 6.07) is 18.9. The van der Waals surface area contributed by atoms with Gasteiger partial charge in [0.05, 0.1) is 0 Å². The van der Waals surface area contributed by atoms with Crippen molar-refractivity contribution in [3.63, 3.8) is 0 Å². The number of carbonyl (C=O) groups excluding carboxylic acids is 2. The molecule has 2 amide bonds. The van der Waals surface area contributed by atoms with Crippen molar-refractivity contribution in [2.24, 2.45) is 5.73 Å². The molecule has 0 aromatic heterocycles. The molecule has 0 unspecified atom stereocenters. The molecule has 30 heavy (non-hydrogen) atoms. The number of amides is 2. The lowest BCUT2D eigenvalue weighted by Gasteiger charge is -2.09. The first-order chi connectivity index (χ1) is 14.4. The van der Waals surface area contributed by atoms with Crippen molar-refractivity contribution < 1.29 is 27.8 Å². The van der Waals surface area contributed by atoms with E-state index < -0.39 is 12.5 Å². The van der Waals surface area contributed by atoms with Crippen molar-refractivity contribution in [2.45, 2.75) is 13.2 Å². The Hall–Kier alpha value is -3.94. The van der Waals surface area contributed by atoms with E-state index in [0.29, 0.717) is 28.2 Å². The highest BCUT2D eigenvalue weighted by molar-refractivity contribution is 5.94. The second-order valence-corrected chi connectivity index (χ2v) is 6.22. The second kappa shape index (κ2) is 9.51. The SMILES string of the molecule is NC(=O)c1ccc(Oc2ccc(C(=O)NCc3cccc(OC(F)F)c3)cc2)cc1. The van der Waals surface area contributed by atoms with Crippen LogP contribution in [0.1, 0.15) is 26.3 Å². The highest BCUT2D eigenvalue weighted by atomic mass is 19.3. The van der Waals surface area contributed by atoms with Crippen LogP contribution in [0.25, 0.3) is 0 Å². The molecule has 0 aliphatic rings. The summed E-state index contributed by atoms with van der Waals surface area (Å²) in [6.07, 6.45) is 0. The van der Waals surface area contributed by atoms with Crippen molar-refractivity contribution in [3.05, 3.63) is 89.5 Å². The van der Waals surface area contributed by atoms with E-state index in [1.165, 1.54) is 12.1 Å². The number of halogens is 2. The van der Waals surface area contributed by atoms with Gasteiger partial charge in [-0.1, -0.05) is 12.1 Å². The van der Waals surface area contributed by atoms with Gasteiger partial charge in [-0.2, -0.15) is 8.78 Å². The van der Waals surface area contributed by atoms with Crippen LogP contribution in [0.15, 0.2) is 72.8 Å². The van der Waals surface area contributed by atoms with Gasteiger partial charge in [0.15, 0.2) is 0 Å². The lowest BCUT2D eigenvalue weighted by molar-refractivity contribution is -0.0498. The Kier molecular flexibility index (Phi) is 6.59. The molecular formula is C22H18F2N2O4. The summed E-state index contributed by atoms with van der Waals surface area (Å²) in [6.45, 7) is -2.75. The Morgan fingerprint density at radius 2 is 1.47 bits per heavy atom. The minimum Gasteiger partial charge on any atom is -0.457 e. The average molecular weight is 412 g/mol. The molecule has 0 aliphatic heterocycles. The summed E-state index contributed by atoms with van der Waals surface area (Å²) in [5.41, 5.74) is 6.61. The van der Waals surface area contributed by atoms with E-state index in [1.807, 2.05) is 0 Å². The molecule has 0 spiro atoms. The van der Waals surface area contributed by atoms with Gasteiger partial charge in [0, 0.05) is 17.7 Å². The normalized spacial score (nSPS) is 10.5. The number of primary amides is 1. The Morgan fingerprint density at radius 1 is 0.867 bits per heavy atom. The predicted octanol–water partition coefficient (Wildman–Crippen LogP) is 4.11. The van der Waals surface area contributed by atoms with E-state index in [4.69, 9.17) is 10.5 Å². The first kappa shape index (κ1) is 20.8. The van der Waals surface area contributed by atoms with Crippen LogP contribution in [0, 0.1) is 0 Å². The molecule has 0 heterocycles. The van der Waals surface area contributed by atoms with Crippen molar-refractivity contribution >= 4 is 11.8 Å². The Balaban J connectivity index is 1.56. The average Bonchev–Trinajstić information content (AvgIpc) is 2.73. The number of nitrogens with one attached hydrogen (secondary N) is 1. The molecule has 0 saturated heterocycles. The van der Waals surface area contributed by atoms with Crippen LogP contribution in [-0.4, -0.2) is 18.4 Å². The number of hydrogen-bond donors (Lipinski definition) is 2. The molecule has 3 rings (SSSR count). The van der Waals surface area contributed by atoms with E-state index in [0.717, 1.165) is 0 Å². The number of hydrogen-bond acceptors (Lipinski definition) is 4. The van der Waals surface area contributed by atoms with Gasteiger partial charge in [0.2, 0.25) is 5.91 Å². The summed E-state index contributed by atoms with van der Waals surface area (Å²) < 4.78 is 34.6. The molecule has 3 aromatic carbocycles. The monoisotopic (exact) mass is 412 g/mol. The Morgan fingerprint density at radius 3 is 2.03 bits per heavy atom. The third-order valence-electron chi connectivity index (χ3n) is 4.07.